The minimum Gasteiger partial charge on any atom is -0.310 e. The zero-order valence-corrected chi connectivity index (χ0v) is 36.7. The lowest BCUT2D eigenvalue weighted by Crippen LogP contribution is -2.15. The van der Waals surface area contributed by atoms with E-state index in [-0.39, 0.29) is 5.41 Å². The Morgan fingerprint density at radius 2 is 0.785 bits per heavy atom. The van der Waals surface area contributed by atoms with Gasteiger partial charge < -0.3 is 9.80 Å². The van der Waals surface area contributed by atoms with Crippen molar-refractivity contribution >= 4 is 44.9 Å². The minimum atomic E-state index is -0.0764. The number of hydrogen-bond acceptors (Lipinski definition) is 2. The van der Waals surface area contributed by atoms with Crippen molar-refractivity contribution in [2.24, 2.45) is 0 Å². The molecule has 2 heteroatoms. The van der Waals surface area contributed by atoms with E-state index in [0.29, 0.717) is 0 Å². The summed E-state index contributed by atoms with van der Waals surface area (Å²) in [6.45, 7) is 4.72. The monoisotopic (exact) mass is 832 g/mol. The van der Waals surface area contributed by atoms with Gasteiger partial charge in [0.1, 0.15) is 0 Å². The van der Waals surface area contributed by atoms with Crippen molar-refractivity contribution in [2.75, 3.05) is 9.80 Å². The van der Waals surface area contributed by atoms with Crippen molar-refractivity contribution < 1.29 is 0 Å². The molecule has 0 aliphatic heterocycles. The molecule has 0 radical (unpaired) electrons. The Balaban J connectivity index is 1.12. The zero-order chi connectivity index (χ0) is 43.5. The number of fused-ring (bicyclic) bond motifs is 11. The molecule has 10 aromatic carbocycles. The third-order valence-electron chi connectivity index (χ3n) is 13.9. The first-order valence-corrected chi connectivity index (χ1v) is 22.9. The normalized spacial score (nSPS) is 13.1. The highest BCUT2D eigenvalue weighted by molar-refractivity contribution is 6.08. The number of benzene rings is 10. The van der Waals surface area contributed by atoms with Crippen LogP contribution in [0.25, 0.3) is 44.2 Å². The largest absolute Gasteiger partial charge is 0.310 e. The lowest BCUT2D eigenvalue weighted by Gasteiger charge is -2.31. The molecule has 0 unspecified atom stereocenters. The number of rotatable bonds is 6. The average molecular weight is 833 g/mol. The van der Waals surface area contributed by atoms with Crippen LogP contribution in [0.15, 0.2) is 231 Å². The SMILES string of the molecule is CC1(C)c2ccccc2-c2cc(N(c3ccccc3)c3cc4c(c5ccccc35)-c3ccccc3Cc3cccc(N(c5ccccc5)c5ccccc5)c3-c3ccccc3C4)ccc21. The summed E-state index contributed by atoms with van der Waals surface area (Å²) in [5, 5.41) is 2.48. The zero-order valence-electron chi connectivity index (χ0n) is 36.7. The molecule has 0 atom stereocenters. The molecule has 0 spiro atoms. The van der Waals surface area contributed by atoms with E-state index in [1.807, 2.05) is 0 Å². The summed E-state index contributed by atoms with van der Waals surface area (Å²) >= 11 is 0. The Morgan fingerprint density at radius 1 is 0.308 bits per heavy atom. The first kappa shape index (κ1) is 38.7. The summed E-state index contributed by atoms with van der Waals surface area (Å²) < 4.78 is 0. The van der Waals surface area contributed by atoms with Gasteiger partial charge in [-0.1, -0.05) is 184 Å². The third-order valence-corrected chi connectivity index (χ3v) is 13.9. The van der Waals surface area contributed by atoms with E-state index in [2.05, 4.69) is 254 Å². The van der Waals surface area contributed by atoms with Gasteiger partial charge in [-0.3, -0.25) is 0 Å². The van der Waals surface area contributed by atoms with Crippen LogP contribution >= 0.6 is 0 Å². The lowest BCUT2D eigenvalue weighted by atomic mass is 9.81. The van der Waals surface area contributed by atoms with Crippen molar-refractivity contribution in [1.82, 2.24) is 0 Å². The van der Waals surface area contributed by atoms with Crippen molar-refractivity contribution in [2.45, 2.75) is 32.1 Å². The number of nitrogens with zero attached hydrogens (tertiary/aromatic N) is 2. The van der Waals surface area contributed by atoms with Crippen molar-refractivity contribution in [3.8, 4) is 33.4 Å². The van der Waals surface area contributed by atoms with Gasteiger partial charge >= 0.3 is 0 Å². The Labute approximate surface area is 382 Å². The van der Waals surface area contributed by atoms with E-state index in [1.165, 1.54) is 88.9 Å². The first-order valence-electron chi connectivity index (χ1n) is 22.9. The molecule has 0 saturated heterocycles. The van der Waals surface area contributed by atoms with E-state index < -0.39 is 0 Å². The fraction of sp³-hybridized carbons (Fsp3) is 0.0794. The minimum absolute atomic E-state index is 0.0764. The molecular weight excluding hydrogens is 785 g/mol. The van der Waals surface area contributed by atoms with Gasteiger partial charge in [-0.25, -0.2) is 0 Å². The average Bonchev–Trinajstić information content (AvgIpc) is 3.58. The van der Waals surface area contributed by atoms with Gasteiger partial charge in [0.05, 0.1) is 11.4 Å². The maximum Gasteiger partial charge on any atom is 0.0543 e. The van der Waals surface area contributed by atoms with Gasteiger partial charge in [0.25, 0.3) is 0 Å². The smallest absolute Gasteiger partial charge is 0.0543 e. The summed E-state index contributed by atoms with van der Waals surface area (Å²) in [5.74, 6) is 0. The van der Waals surface area contributed by atoms with Crippen LogP contribution in [0.1, 0.15) is 47.2 Å². The molecule has 0 fully saturated rings. The van der Waals surface area contributed by atoms with Gasteiger partial charge in [0, 0.05) is 39.1 Å². The van der Waals surface area contributed by atoms with Crippen LogP contribution < -0.4 is 9.80 Å². The molecule has 0 heterocycles. The fourth-order valence-corrected chi connectivity index (χ4v) is 11.0. The molecule has 310 valence electrons. The Kier molecular flexibility index (Phi) is 9.35. The molecule has 2 aliphatic rings. The van der Waals surface area contributed by atoms with Gasteiger partial charge in [0.2, 0.25) is 0 Å². The van der Waals surface area contributed by atoms with Gasteiger partial charge in [-0.15, -0.1) is 0 Å². The van der Waals surface area contributed by atoms with Gasteiger partial charge in [0.15, 0.2) is 0 Å². The van der Waals surface area contributed by atoms with Crippen LogP contribution in [0.3, 0.4) is 0 Å². The lowest BCUT2D eigenvalue weighted by molar-refractivity contribution is 0.660. The van der Waals surface area contributed by atoms with E-state index >= 15 is 0 Å². The van der Waals surface area contributed by atoms with Crippen LogP contribution in [-0.2, 0) is 18.3 Å². The molecular formula is C63H48N2. The van der Waals surface area contributed by atoms with Crippen molar-refractivity contribution in [3.05, 3.63) is 264 Å². The highest BCUT2D eigenvalue weighted by Crippen LogP contribution is 2.53. The van der Waals surface area contributed by atoms with Crippen LogP contribution in [0, 0.1) is 0 Å². The molecule has 0 bridgehead atoms. The van der Waals surface area contributed by atoms with Crippen LogP contribution in [-0.4, -0.2) is 0 Å². The predicted octanol–water partition coefficient (Wildman–Crippen LogP) is 16.9. The van der Waals surface area contributed by atoms with Crippen molar-refractivity contribution in [3.63, 3.8) is 0 Å². The number of para-hydroxylation sites is 3. The maximum absolute atomic E-state index is 2.51. The summed E-state index contributed by atoms with van der Waals surface area (Å²) in [5.41, 5.74) is 22.5. The van der Waals surface area contributed by atoms with Crippen LogP contribution in [0.5, 0.6) is 0 Å². The summed E-state index contributed by atoms with van der Waals surface area (Å²) in [6, 6.07) is 85.4. The summed E-state index contributed by atoms with van der Waals surface area (Å²) in [4.78, 5) is 4.93. The molecule has 10 aromatic rings. The number of hydrogen-bond donors (Lipinski definition) is 0. The number of anilines is 6. The molecule has 2 nitrogen and oxygen atoms in total. The highest BCUT2D eigenvalue weighted by Gasteiger charge is 2.36. The Morgan fingerprint density at radius 3 is 1.43 bits per heavy atom. The molecule has 65 heavy (non-hydrogen) atoms. The fourth-order valence-electron chi connectivity index (χ4n) is 11.0. The van der Waals surface area contributed by atoms with Crippen molar-refractivity contribution in [1.29, 1.82) is 0 Å². The first-order chi connectivity index (χ1) is 32.0. The van der Waals surface area contributed by atoms with E-state index in [4.69, 9.17) is 0 Å². The quantitative estimate of drug-likeness (QED) is 0.165. The molecule has 0 amide bonds. The molecule has 0 aromatic heterocycles. The molecule has 0 N–H and O–H groups in total. The second-order valence-electron chi connectivity index (χ2n) is 18.0. The third kappa shape index (κ3) is 6.48. The van der Waals surface area contributed by atoms with Gasteiger partial charge in [-0.05, 0) is 140 Å². The second kappa shape index (κ2) is 15.7. The van der Waals surface area contributed by atoms with E-state index in [1.54, 1.807) is 0 Å². The maximum atomic E-state index is 2.51. The molecule has 2 aliphatic carbocycles. The summed E-state index contributed by atoms with van der Waals surface area (Å²) in [7, 11) is 0. The van der Waals surface area contributed by atoms with E-state index in [9.17, 15) is 0 Å². The highest BCUT2D eigenvalue weighted by atomic mass is 15.1. The Hall–Kier alpha value is -7.94. The van der Waals surface area contributed by atoms with E-state index in [0.717, 1.165) is 35.6 Å². The second-order valence-corrected chi connectivity index (χ2v) is 18.0. The van der Waals surface area contributed by atoms with Gasteiger partial charge in [-0.2, -0.15) is 0 Å². The van der Waals surface area contributed by atoms with Crippen LogP contribution in [0.2, 0.25) is 0 Å². The Bertz CT molecular complexity index is 3370. The van der Waals surface area contributed by atoms with Crippen LogP contribution in [0.4, 0.5) is 34.1 Å². The topological polar surface area (TPSA) is 6.48 Å². The standard InChI is InChI=1S/C63H48N2/c1-63(2)57-35-19-18-32-53(57)56-42-50(37-38-58(56)63)65(49-28-10-5-11-29-49)60-41-46-40-44-22-13-15-31-52(44)62-45(39-43-21-12-14-30-51(43)61(46)55-34-17-16-33-54(55)60)23-20-36-59(62)64(47-24-6-3-7-25-47)48-26-8-4-9-27-48/h3-38,41-42H,39-40H2,1-2H3. The molecule has 0 saturated carbocycles. The molecule has 12 rings (SSSR count). The predicted molar refractivity (Wildman–Crippen MR) is 274 cm³/mol. The summed E-state index contributed by atoms with van der Waals surface area (Å²) in [6.07, 6.45) is 1.53.